The van der Waals surface area contributed by atoms with Gasteiger partial charge in [-0.3, -0.25) is 4.98 Å². The Balaban J connectivity index is 2.94. The molecule has 19 heavy (non-hydrogen) atoms. The van der Waals surface area contributed by atoms with Crippen LogP contribution in [-0.2, 0) is 11.6 Å². The van der Waals surface area contributed by atoms with E-state index < -0.39 is 17.2 Å². The first kappa shape index (κ1) is 16.0. The molecule has 1 aromatic heterocycles. The Morgan fingerprint density at radius 2 is 1.84 bits per heavy atom. The summed E-state index contributed by atoms with van der Waals surface area (Å²) >= 11 is 0. The number of alkyl halides is 3. The number of hydrogen-bond donors (Lipinski definition) is 1. The standard InChI is InChI=1S/C14H21F3N2/c1-10(2)19-8-6-13(3,4)12-9-18-7-5-11(12)14(15,16)17/h5,7,9-10,19H,6,8H2,1-4H3. The highest BCUT2D eigenvalue weighted by Gasteiger charge is 2.37. The topological polar surface area (TPSA) is 24.9 Å². The van der Waals surface area contributed by atoms with Crippen molar-refractivity contribution in [2.24, 2.45) is 0 Å². The van der Waals surface area contributed by atoms with E-state index in [1.807, 2.05) is 27.7 Å². The monoisotopic (exact) mass is 274 g/mol. The Hall–Kier alpha value is -1.10. The SMILES string of the molecule is CC(C)NCCC(C)(C)c1cnccc1C(F)(F)F. The molecule has 1 heterocycles. The second kappa shape index (κ2) is 5.90. The van der Waals surface area contributed by atoms with Crippen molar-refractivity contribution in [1.29, 1.82) is 0 Å². The fraction of sp³-hybridized carbons (Fsp3) is 0.643. The third-order valence-corrected chi connectivity index (χ3v) is 3.16. The fourth-order valence-electron chi connectivity index (χ4n) is 1.99. The summed E-state index contributed by atoms with van der Waals surface area (Å²) in [6.07, 6.45) is -1.19. The van der Waals surface area contributed by atoms with Crippen LogP contribution >= 0.6 is 0 Å². The molecule has 1 rings (SSSR count). The van der Waals surface area contributed by atoms with E-state index in [0.29, 0.717) is 19.0 Å². The molecule has 0 unspecified atom stereocenters. The van der Waals surface area contributed by atoms with Gasteiger partial charge in [0.25, 0.3) is 0 Å². The third-order valence-electron chi connectivity index (χ3n) is 3.16. The highest BCUT2D eigenvalue weighted by molar-refractivity contribution is 5.32. The summed E-state index contributed by atoms with van der Waals surface area (Å²) < 4.78 is 39.0. The smallest absolute Gasteiger partial charge is 0.315 e. The number of nitrogens with one attached hydrogen (secondary N) is 1. The van der Waals surface area contributed by atoms with Gasteiger partial charge in [-0.05, 0) is 30.0 Å². The molecule has 0 saturated heterocycles. The summed E-state index contributed by atoms with van der Waals surface area (Å²) in [4.78, 5) is 3.85. The minimum absolute atomic E-state index is 0.257. The van der Waals surface area contributed by atoms with Crippen LogP contribution in [0.25, 0.3) is 0 Å². The average molecular weight is 274 g/mol. The summed E-state index contributed by atoms with van der Waals surface area (Å²) in [5, 5.41) is 3.23. The zero-order chi connectivity index (χ0) is 14.7. The van der Waals surface area contributed by atoms with Gasteiger partial charge in [0.1, 0.15) is 0 Å². The van der Waals surface area contributed by atoms with Gasteiger partial charge in [0.15, 0.2) is 0 Å². The molecule has 0 atom stereocenters. The first-order valence-corrected chi connectivity index (χ1v) is 6.39. The predicted molar refractivity (Wildman–Crippen MR) is 70.0 cm³/mol. The van der Waals surface area contributed by atoms with Crippen LogP contribution in [0.4, 0.5) is 13.2 Å². The zero-order valence-corrected chi connectivity index (χ0v) is 11.8. The summed E-state index contributed by atoms with van der Waals surface area (Å²) in [6.45, 7) is 8.34. The van der Waals surface area contributed by atoms with Gasteiger partial charge in [0.05, 0.1) is 5.56 Å². The van der Waals surface area contributed by atoms with Crippen molar-refractivity contribution in [3.8, 4) is 0 Å². The van der Waals surface area contributed by atoms with Crippen molar-refractivity contribution in [2.75, 3.05) is 6.54 Å². The first-order chi connectivity index (χ1) is 8.64. The Morgan fingerprint density at radius 3 is 2.37 bits per heavy atom. The summed E-state index contributed by atoms with van der Waals surface area (Å²) in [5.41, 5.74) is -0.897. The van der Waals surface area contributed by atoms with Gasteiger partial charge in [-0.2, -0.15) is 13.2 Å². The molecule has 0 aliphatic heterocycles. The number of aromatic nitrogens is 1. The highest BCUT2D eigenvalue weighted by atomic mass is 19.4. The second-order valence-corrected chi connectivity index (χ2v) is 5.66. The third kappa shape index (κ3) is 4.49. The Bertz CT molecular complexity index is 411. The number of halogens is 3. The van der Waals surface area contributed by atoms with Gasteiger partial charge in [-0.1, -0.05) is 27.7 Å². The van der Waals surface area contributed by atoms with Crippen LogP contribution in [0.15, 0.2) is 18.5 Å². The van der Waals surface area contributed by atoms with Gasteiger partial charge < -0.3 is 5.32 Å². The molecule has 0 radical (unpaired) electrons. The van der Waals surface area contributed by atoms with Crippen molar-refractivity contribution in [3.05, 3.63) is 29.6 Å². The lowest BCUT2D eigenvalue weighted by molar-refractivity contribution is -0.138. The van der Waals surface area contributed by atoms with E-state index in [1.54, 1.807) is 0 Å². The largest absolute Gasteiger partial charge is 0.416 e. The lowest BCUT2D eigenvalue weighted by Gasteiger charge is -2.28. The molecule has 0 spiro atoms. The van der Waals surface area contributed by atoms with Crippen LogP contribution in [0, 0.1) is 0 Å². The van der Waals surface area contributed by atoms with E-state index in [0.717, 1.165) is 6.07 Å². The molecular weight excluding hydrogens is 253 g/mol. The van der Waals surface area contributed by atoms with Crippen molar-refractivity contribution in [1.82, 2.24) is 10.3 Å². The molecule has 0 aromatic carbocycles. The van der Waals surface area contributed by atoms with Crippen LogP contribution in [-0.4, -0.2) is 17.6 Å². The summed E-state index contributed by atoms with van der Waals surface area (Å²) in [7, 11) is 0. The van der Waals surface area contributed by atoms with Gasteiger partial charge in [0.2, 0.25) is 0 Å². The Labute approximate surface area is 112 Å². The van der Waals surface area contributed by atoms with E-state index in [9.17, 15) is 13.2 Å². The van der Waals surface area contributed by atoms with Crippen LogP contribution in [0.1, 0.15) is 45.2 Å². The minimum atomic E-state index is -4.33. The second-order valence-electron chi connectivity index (χ2n) is 5.66. The molecule has 1 N–H and O–H groups in total. The van der Waals surface area contributed by atoms with E-state index in [4.69, 9.17) is 0 Å². The van der Waals surface area contributed by atoms with E-state index in [-0.39, 0.29) is 5.56 Å². The lowest BCUT2D eigenvalue weighted by atomic mass is 9.80. The molecule has 1 aromatic rings. The minimum Gasteiger partial charge on any atom is -0.315 e. The maximum atomic E-state index is 13.0. The number of pyridine rings is 1. The van der Waals surface area contributed by atoms with Crippen molar-refractivity contribution in [3.63, 3.8) is 0 Å². The van der Waals surface area contributed by atoms with Crippen LogP contribution in [0.2, 0.25) is 0 Å². The van der Waals surface area contributed by atoms with E-state index in [1.165, 1.54) is 12.4 Å². The maximum absolute atomic E-state index is 13.0. The maximum Gasteiger partial charge on any atom is 0.416 e. The van der Waals surface area contributed by atoms with Crippen molar-refractivity contribution < 1.29 is 13.2 Å². The first-order valence-electron chi connectivity index (χ1n) is 6.39. The van der Waals surface area contributed by atoms with Gasteiger partial charge >= 0.3 is 6.18 Å². The molecular formula is C14H21F3N2. The number of hydrogen-bond acceptors (Lipinski definition) is 2. The highest BCUT2D eigenvalue weighted by Crippen LogP contribution is 2.38. The summed E-state index contributed by atoms with van der Waals surface area (Å²) in [6, 6.07) is 1.37. The lowest BCUT2D eigenvalue weighted by Crippen LogP contribution is -2.31. The fourth-order valence-corrected chi connectivity index (χ4v) is 1.99. The van der Waals surface area contributed by atoms with Gasteiger partial charge in [0, 0.05) is 18.4 Å². The van der Waals surface area contributed by atoms with Crippen LogP contribution in [0.5, 0.6) is 0 Å². The van der Waals surface area contributed by atoms with Crippen LogP contribution in [0.3, 0.4) is 0 Å². The quantitative estimate of drug-likeness (QED) is 0.884. The van der Waals surface area contributed by atoms with Crippen LogP contribution < -0.4 is 5.32 Å². The molecule has 2 nitrogen and oxygen atoms in total. The molecule has 0 amide bonds. The summed E-state index contributed by atoms with van der Waals surface area (Å²) in [5.74, 6) is 0. The molecule has 0 aliphatic carbocycles. The van der Waals surface area contributed by atoms with Crippen molar-refractivity contribution in [2.45, 2.75) is 51.7 Å². The average Bonchev–Trinajstić information content (AvgIpc) is 2.27. The number of nitrogens with zero attached hydrogens (tertiary/aromatic N) is 1. The zero-order valence-electron chi connectivity index (χ0n) is 11.8. The Kier molecular flexibility index (Phi) is 4.96. The van der Waals surface area contributed by atoms with E-state index >= 15 is 0 Å². The van der Waals surface area contributed by atoms with Gasteiger partial charge in [-0.25, -0.2) is 0 Å². The molecule has 5 heteroatoms. The molecule has 0 bridgehead atoms. The molecule has 0 saturated carbocycles. The normalized spacial score (nSPS) is 13.1. The van der Waals surface area contributed by atoms with Gasteiger partial charge in [-0.15, -0.1) is 0 Å². The molecule has 108 valence electrons. The Morgan fingerprint density at radius 1 is 1.21 bits per heavy atom. The van der Waals surface area contributed by atoms with E-state index in [2.05, 4.69) is 10.3 Å². The predicted octanol–water partition coefficient (Wildman–Crippen LogP) is 3.77. The molecule has 0 aliphatic rings. The number of rotatable bonds is 5. The molecule has 0 fully saturated rings. The van der Waals surface area contributed by atoms with Crippen molar-refractivity contribution >= 4 is 0 Å².